The molecule has 20 rings (SSSR count). The molecule has 5 aliphatic rings. The second kappa shape index (κ2) is 34.9. The van der Waals surface area contributed by atoms with Gasteiger partial charge in [0.05, 0.1) is 60.6 Å². The van der Waals surface area contributed by atoms with Crippen LogP contribution in [0.1, 0.15) is 118 Å². The van der Waals surface area contributed by atoms with Crippen LogP contribution >= 0.6 is 0 Å². The molecule has 4 amide bonds. The summed E-state index contributed by atoms with van der Waals surface area (Å²) in [5.41, 5.74) is 4.37. The van der Waals surface area contributed by atoms with E-state index in [2.05, 4.69) is 119 Å². The van der Waals surface area contributed by atoms with Crippen molar-refractivity contribution < 1.29 is 28.0 Å². The van der Waals surface area contributed by atoms with Crippen molar-refractivity contribution in [3.63, 3.8) is 0 Å². The smallest absolute Gasteiger partial charge is 0.280 e. The number of carbonyl (C=O) groups is 4. The fourth-order valence-corrected chi connectivity index (χ4v) is 14.3. The zero-order chi connectivity index (χ0) is 87.7. The Morgan fingerprint density at radius 1 is 0.381 bits per heavy atom. The van der Waals surface area contributed by atoms with Crippen molar-refractivity contribution in [2.24, 2.45) is 21.1 Å². The lowest BCUT2D eigenvalue weighted by molar-refractivity contribution is 0.0940. The van der Waals surface area contributed by atoms with Gasteiger partial charge in [-0.15, -0.1) is 0 Å². The number of amides is 4. The summed E-state index contributed by atoms with van der Waals surface area (Å²) in [6, 6.07) is 22.1. The second-order valence-corrected chi connectivity index (χ2v) is 30.7. The molecule has 5 fully saturated rings. The molecule has 0 radical (unpaired) electrons. The first-order valence-corrected chi connectivity index (χ1v) is 40.8. The van der Waals surface area contributed by atoms with Crippen molar-refractivity contribution in [2.45, 2.75) is 113 Å². The Kier molecular flexibility index (Phi) is 22.8. The topological polar surface area (TPSA) is 475 Å². The number of aromatic nitrogens is 22. The summed E-state index contributed by atoms with van der Waals surface area (Å²) >= 11 is 0. The molecule has 15 heterocycles. The number of nitrogens with one attached hydrogen (secondary N) is 12. The first kappa shape index (κ1) is 82.4. The Morgan fingerprint density at radius 3 is 1.03 bits per heavy atom. The van der Waals surface area contributed by atoms with Gasteiger partial charge in [0.25, 0.3) is 45.9 Å². The summed E-state index contributed by atoms with van der Waals surface area (Å²) < 4.78 is 43.6. The monoisotopic (exact) mass is 1710 g/mol. The lowest BCUT2D eigenvalue weighted by atomic mass is 9.95. The molecule has 4 atom stereocenters. The van der Waals surface area contributed by atoms with Gasteiger partial charge in [0.1, 0.15) is 104 Å². The molecular weight excluding hydrogens is 1630 g/mol. The van der Waals surface area contributed by atoms with Crippen LogP contribution in [-0.2, 0) is 21.1 Å². The average molecular weight is 1720 g/mol. The van der Waals surface area contributed by atoms with Crippen LogP contribution in [0.5, 0.6) is 0 Å². The minimum absolute atomic E-state index is 0.0960. The lowest BCUT2D eigenvalue weighted by Crippen LogP contribution is -2.27. The van der Waals surface area contributed by atoms with Crippen LogP contribution in [0.2, 0.25) is 0 Å². The highest BCUT2D eigenvalue weighted by molar-refractivity contribution is 6.03. The highest BCUT2D eigenvalue weighted by Crippen LogP contribution is 2.33. The molecule has 12 N–H and O–H groups in total. The third-order valence-electron chi connectivity index (χ3n) is 21.5. The van der Waals surface area contributed by atoms with E-state index in [1.54, 1.807) is 199 Å². The summed E-state index contributed by atoms with van der Waals surface area (Å²) in [5.74, 6) is 3.20. The van der Waals surface area contributed by atoms with E-state index in [1.807, 2.05) is 12.3 Å². The van der Waals surface area contributed by atoms with E-state index in [-0.39, 0.29) is 69.0 Å². The number of aryl methyl sites for hydroxylation is 3. The maximum Gasteiger partial charge on any atom is 0.280 e. The number of pyridine rings is 4. The van der Waals surface area contributed by atoms with Crippen molar-refractivity contribution >= 4 is 116 Å². The molecule has 5 saturated carbocycles. The Balaban J connectivity index is 0.000000119. The molecule has 0 unspecified atom stereocenters. The molecule has 126 heavy (non-hydrogen) atoms. The van der Waals surface area contributed by atoms with Crippen LogP contribution in [0, 0.1) is 0 Å². The Hall–Kier alpha value is -16.0. The molecule has 42 nitrogen and oxygen atoms in total. The number of anilines is 12. The fourth-order valence-electron chi connectivity index (χ4n) is 14.3. The maximum atomic E-state index is 13.2. The predicted molar refractivity (Wildman–Crippen MR) is 465 cm³/mol. The molecule has 44 heteroatoms. The number of rotatable bonds is 24. The van der Waals surface area contributed by atoms with E-state index in [4.69, 9.17) is 0 Å². The van der Waals surface area contributed by atoms with Crippen LogP contribution in [0.25, 0.3) is 39.8 Å². The van der Waals surface area contributed by atoms with Gasteiger partial charge < -0.3 is 68.4 Å². The van der Waals surface area contributed by atoms with Gasteiger partial charge in [0, 0.05) is 154 Å². The maximum absolute atomic E-state index is 13.2. The SMILES string of the molecule is CNc1cc(Nc2cccn(-c3ccn(C)n3)c2=O)nc2c(C(=O)NC3CC3)cnn12.CNc1cc(Nc2cccn(-c3cnn(C)c3)c2=O)nc2c(C(=O)NC3CC3)cnn12.CNc1cc(Nc2cccn(-c3cnn(C)c3)c2=O)nc2c(C(=O)N[C@H]3C[C@H]3F)cnn12.CNc1cc(Nc2cccn(C3CCCCC3)c2=O)nc2c(C(=O)N[C@H]3C[C@H]3F)cnn12. The van der Waals surface area contributed by atoms with E-state index in [1.165, 1.54) is 53.9 Å². The van der Waals surface area contributed by atoms with Crippen molar-refractivity contribution in [1.29, 1.82) is 0 Å². The van der Waals surface area contributed by atoms with Crippen molar-refractivity contribution in [1.82, 2.24) is 127 Å². The Morgan fingerprint density at radius 2 is 0.714 bits per heavy atom. The number of hydrogen-bond donors (Lipinski definition) is 12. The summed E-state index contributed by atoms with van der Waals surface area (Å²) in [4.78, 5) is 121. The summed E-state index contributed by atoms with van der Waals surface area (Å²) in [6.07, 6.45) is 29.2. The molecule has 15 aromatic heterocycles. The van der Waals surface area contributed by atoms with Crippen LogP contribution in [0.15, 0.2) is 179 Å². The molecule has 648 valence electrons. The zero-order valence-electron chi connectivity index (χ0n) is 69.2. The predicted octanol–water partition coefficient (Wildman–Crippen LogP) is 6.84. The largest absolute Gasteiger partial charge is 0.373 e. The van der Waals surface area contributed by atoms with Crippen LogP contribution in [0.4, 0.5) is 78.1 Å². The molecule has 0 bridgehead atoms. The normalized spacial score (nSPS) is 16.3. The third kappa shape index (κ3) is 17.6. The highest BCUT2D eigenvalue weighted by Gasteiger charge is 2.41. The standard InChI is InChI=1S/C22H26FN7O2.C20H20FN9O2.2C20H21N9O2/c1-24-19-11-18(26-16-8-5-9-29(22(16)32)13-6-3-2-4-7-13)28-20-14(12-25-30(19)20)21(31)27-17-10-15(17)23;1-22-17-7-16(25-14-4-3-5-29(20(14)32)11-8-23-28(2)10-11)27-18-12(9-24-30(17)18)19(31)26-15-6-13(15)21;1-21-17-10-15(25-18-13(11-22-29(17)18)19(30)23-12-5-6-12)24-14-4-3-8-28(20(14)31)16-7-9-27(2)26-16;1-21-17-8-16(26-18-14(10-23-29(17)18)19(30)24-12-5-6-12)25-15-4-3-7-28(20(15)31)13-9-22-27(2)11-13/h5,8-9,11-13,15,17,24H,2-4,6-7,10H2,1H3,(H,26,28)(H,27,31);3-5,7-10,13,15,22H,6H2,1-2H3,(H,25,27)(H,26,31);3-4,7-12,21H,5-6H2,1-2H3,(H,23,30)(H,24,25);3-4,7-12,21H,5-6H2,1-2H3,(H,24,30)(H,25,26)/t15-,17+;13-,15+;;/m11../s1. The van der Waals surface area contributed by atoms with E-state index < -0.39 is 36.2 Å². The molecule has 0 aromatic carbocycles. The van der Waals surface area contributed by atoms with Crippen LogP contribution in [-0.4, -0.2) is 194 Å². The highest BCUT2D eigenvalue weighted by atomic mass is 19.1. The minimum Gasteiger partial charge on any atom is -0.373 e. The zero-order valence-corrected chi connectivity index (χ0v) is 69.2. The minimum atomic E-state index is -1.01. The van der Waals surface area contributed by atoms with Crippen LogP contribution < -0.4 is 86.0 Å². The Labute approximate surface area is 712 Å². The summed E-state index contributed by atoms with van der Waals surface area (Å²) in [7, 11) is 12.3. The van der Waals surface area contributed by atoms with Crippen LogP contribution in [0.3, 0.4) is 0 Å². The van der Waals surface area contributed by atoms with Crippen molar-refractivity contribution in [3.05, 3.63) is 223 Å². The van der Waals surface area contributed by atoms with E-state index in [0.29, 0.717) is 127 Å². The molecule has 5 aliphatic carbocycles. The molecule has 0 aliphatic heterocycles. The lowest BCUT2D eigenvalue weighted by Gasteiger charge is -2.24. The summed E-state index contributed by atoms with van der Waals surface area (Å²) in [6.45, 7) is 0. The average Bonchev–Trinajstić information content (AvgIpc) is 1.62. The number of alkyl halides is 2. The van der Waals surface area contributed by atoms with Gasteiger partial charge in [0.2, 0.25) is 0 Å². The van der Waals surface area contributed by atoms with E-state index in [0.717, 1.165) is 51.4 Å². The Bertz CT molecular complexity index is 6720. The third-order valence-corrected chi connectivity index (χ3v) is 21.5. The van der Waals surface area contributed by atoms with Gasteiger partial charge in [-0.25, -0.2) is 28.7 Å². The van der Waals surface area contributed by atoms with Gasteiger partial charge in [-0.3, -0.25) is 66.1 Å². The van der Waals surface area contributed by atoms with Gasteiger partial charge in [-0.05, 0) is 87.1 Å². The first-order valence-electron chi connectivity index (χ1n) is 40.8. The molecule has 15 aromatic rings. The number of hydrogen-bond acceptors (Lipinski definition) is 27. The molecular formula is C82H88F2N34O8. The summed E-state index contributed by atoms with van der Waals surface area (Å²) in [5, 5.41) is 65.2. The van der Waals surface area contributed by atoms with Gasteiger partial charge >= 0.3 is 0 Å². The van der Waals surface area contributed by atoms with Crippen molar-refractivity contribution in [3.8, 4) is 17.2 Å². The van der Waals surface area contributed by atoms with Gasteiger partial charge in [-0.2, -0.15) is 53.8 Å². The van der Waals surface area contributed by atoms with E-state index in [9.17, 15) is 47.1 Å². The van der Waals surface area contributed by atoms with E-state index >= 15 is 0 Å². The number of carbonyl (C=O) groups excluding carboxylic acids is 4. The number of fused-ring (bicyclic) bond motifs is 4. The number of halogens is 2. The van der Waals surface area contributed by atoms with Gasteiger partial charge in [-0.1, -0.05) is 19.3 Å². The quantitative estimate of drug-likeness (QED) is 0.0294. The molecule has 0 saturated heterocycles. The van der Waals surface area contributed by atoms with Crippen molar-refractivity contribution in [2.75, 3.05) is 70.7 Å². The second-order valence-electron chi connectivity index (χ2n) is 30.7. The number of nitrogens with zero attached hydrogens (tertiary/aromatic N) is 22. The first-order chi connectivity index (χ1) is 61.0. The van der Waals surface area contributed by atoms with Gasteiger partial charge in [0.15, 0.2) is 28.4 Å². The molecule has 0 spiro atoms. The fraction of sp³-hybridized carbons (Fsp3) is 0.305.